The Hall–Kier alpha value is -3.58. The first-order chi connectivity index (χ1) is 18.8. The molecule has 0 saturated carbocycles. The van der Waals surface area contributed by atoms with Gasteiger partial charge in [-0.25, -0.2) is 4.98 Å². The highest BCUT2D eigenvalue weighted by molar-refractivity contribution is 5.97. The Labute approximate surface area is 225 Å². The van der Waals surface area contributed by atoms with E-state index in [-0.39, 0.29) is 5.91 Å². The Bertz CT molecular complexity index is 1200. The van der Waals surface area contributed by atoms with E-state index < -0.39 is 0 Å². The van der Waals surface area contributed by atoms with Crippen molar-refractivity contribution in [3.63, 3.8) is 0 Å². The van der Waals surface area contributed by atoms with Gasteiger partial charge in [-0.15, -0.1) is 0 Å². The van der Waals surface area contributed by atoms with Crippen LogP contribution in [0.2, 0.25) is 0 Å². The zero-order valence-electron chi connectivity index (χ0n) is 22.0. The number of carbonyl (C=O) groups is 1. The lowest BCUT2D eigenvalue weighted by molar-refractivity contribution is 0.0734. The monoisotopic (exact) mass is 515 g/mol. The summed E-state index contributed by atoms with van der Waals surface area (Å²) in [5.74, 6) is 2.41. The maximum absolute atomic E-state index is 13.9. The third-order valence-electron chi connectivity index (χ3n) is 7.08. The van der Waals surface area contributed by atoms with Crippen LogP contribution in [-0.2, 0) is 6.54 Å². The van der Waals surface area contributed by atoms with Crippen LogP contribution < -0.4 is 14.2 Å². The van der Waals surface area contributed by atoms with Crippen LogP contribution in [0.15, 0.2) is 66.9 Å². The van der Waals surface area contributed by atoms with E-state index in [1.165, 1.54) is 25.9 Å². The SMILES string of the molecule is O=C(c1ccccc1OCCCN1CCCC1)N1CCCCCOc2ccccc2Oc2ncccc2C1. The Morgan fingerprint density at radius 2 is 1.66 bits per heavy atom. The highest BCUT2D eigenvalue weighted by Gasteiger charge is 2.22. The topological polar surface area (TPSA) is 64.1 Å². The van der Waals surface area contributed by atoms with E-state index in [0.29, 0.717) is 55.0 Å². The fourth-order valence-electron chi connectivity index (χ4n) is 5.03. The first-order valence-electron chi connectivity index (χ1n) is 13.8. The molecule has 7 nitrogen and oxygen atoms in total. The van der Waals surface area contributed by atoms with E-state index in [0.717, 1.165) is 37.8 Å². The molecule has 5 rings (SSSR count). The van der Waals surface area contributed by atoms with Crippen LogP contribution in [0.1, 0.15) is 54.4 Å². The minimum Gasteiger partial charge on any atom is -0.493 e. The molecule has 0 N–H and O–H groups in total. The van der Waals surface area contributed by atoms with Gasteiger partial charge in [-0.1, -0.05) is 30.3 Å². The lowest BCUT2D eigenvalue weighted by Crippen LogP contribution is -2.32. The van der Waals surface area contributed by atoms with Crippen LogP contribution in [0.25, 0.3) is 0 Å². The number of pyridine rings is 1. The predicted octanol–water partition coefficient (Wildman–Crippen LogP) is 5.94. The van der Waals surface area contributed by atoms with E-state index in [2.05, 4.69) is 9.88 Å². The second-order valence-electron chi connectivity index (χ2n) is 9.90. The first kappa shape index (κ1) is 26.0. The summed E-state index contributed by atoms with van der Waals surface area (Å²) in [4.78, 5) is 22.8. The maximum atomic E-state index is 13.9. The quantitative estimate of drug-likeness (QED) is 0.379. The lowest BCUT2D eigenvalue weighted by atomic mass is 10.1. The van der Waals surface area contributed by atoms with Gasteiger partial charge in [-0.2, -0.15) is 0 Å². The minimum absolute atomic E-state index is 0.0403. The molecule has 3 heterocycles. The second kappa shape index (κ2) is 13.3. The summed E-state index contributed by atoms with van der Waals surface area (Å²) in [6.45, 7) is 5.62. The third kappa shape index (κ3) is 6.84. The number of amides is 1. The van der Waals surface area contributed by atoms with Gasteiger partial charge in [-0.05, 0) is 81.9 Å². The van der Waals surface area contributed by atoms with Gasteiger partial charge in [0.1, 0.15) is 5.75 Å². The molecule has 1 fully saturated rings. The molecule has 1 aromatic heterocycles. The molecule has 38 heavy (non-hydrogen) atoms. The summed E-state index contributed by atoms with van der Waals surface area (Å²) in [5.41, 5.74) is 1.44. The van der Waals surface area contributed by atoms with Crippen LogP contribution in [-0.4, -0.2) is 60.1 Å². The summed E-state index contributed by atoms with van der Waals surface area (Å²) in [7, 11) is 0. The molecule has 3 aromatic rings. The largest absolute Gasteiger partial charge is 0.493 e. The molecule has 0 unspecified atom stereocenters. The normalized spacial score (nSPS) is 16.6. The van der Waals surface area contributed by atoms with Crippen molar-refractivity contribution >= 4 is 5.91 Å². The molecule has 7 heteroatoms. The number of hydrogen-bond acceptors (Lipinski definition) is 6. The molecule has 2 aliphatic heterocycles. The number of nitrogens with zero attached hydrogens (tertiary/aromatic N) is 3. The zero-order valence-corrected chi connectivity index (χ0v) is 22.0. The molecule has 0 aliphatic carbocycles. The molecule has 200 valence electrons. The van der Waals surface area contributed by atoms with Crippen LogP contribution >= 0.6 is 0 Å². The van der Waals surface area contributed by atoms with Crippen molar-refractivity contribution in [3.05, 3.63) is 78.0 Å². The summed E-state index contributed by atoms with van der Waals surface area (Å²) in [5, 5.41) is 0. The molecule has 2 aromatic carbocycles. The van der Waals surface area contributed by atoms with E-state index in [4.69, 9.17) is 14.2 Å². The standard InChI is InChI=1S/C31H37N3O4/c35-31(26-13-2-3-14-27(26)36-23-11-20-33-18-7-8-19-33)34-21-6-1-9-22-37-28-15-4-5-16-29(28)38-30-25(24-34)12-10-17-32-30/h2-5,10,12-17H,1,6-9,11,18-24H2. The maximum Gasteiger partial charge on any atom is 0.257 e. The molecule has 1 amide bonds. The van der Waals surface area contributed by atoms with Crippen molar-refractivity contribution in [3.8, 4) is 23.1 Å². The number of benzene rings is 2. The Balaban J connectivity index is 1.33. The van der Waals surface area contributed by atoms with Gasteiger partial charge in [0, 0.05) is 24.8 Å². The van der Waals surface area contributed by atoms with Gasteiger partial charge >= 0.3 is 0 Å². The fourth-order valence-corrected chi connectivity index (χ4v) is 5.03. The highest BCUT2D eigenvalue weighted by atomic mass is 16.5. The van der Waals surface area contributed by atoms with E-state index in [9.17, 15) is 4.79 Å². The number of carbonyl (C=O) groups excluding carboxylic acids is 1. The molecule has 2 aliphatic rings. The number of hydrogen-bond donors (Lipinski definition) is 0. The summed E-state index contributed by atoms with van der Waals surface area (Å²) < 4.78 is 18.4. The van der Waals surface area contributed by atoms with Crippen molar-refractivity contribution in [2.75, 3.05) is 39.4 Å². The highest BCUT2D eigenvalue weighted by Crippen LogP contribution is 2.33. The molecule has 0 bridgehead atoms. The van der Waals surface area contributed by atoms with Crippen molar-refractivity contribution < 1.29 is 19.0 Å². The van der Waals surface area contributed by atoms with E-state index in [1.54, 1.807) is 6.20 Å². The molecular weight excluding hydrogens is 478 g/mol. The Morgan fingerprint density at radius 1 is 0.868 bits per heavy atom. The van der Waals surface area contributed by atoms with Crippen LogP contribution in [0.3, 0.4) is 0 Å². The zero-order chi connectivity index (χ0) is 26.0. The number of ether oxygens (including phenoxy) is 3. The van der Waals surface area contributed by atoms with Crippen LogP contribution in [0, 0.1) is 0 Å². The number of para-hydroxylation sites is 3. The number of aromatic nitrogens is 1. The second-order valence-corrected chi connectivity index (χ2v) is 9.90. The first-order valence-corrected chi connectivity index (χ1v) is 13.8. The van der Waals surface area contributed by atoms with Gasteiger partial charge in [0.15, 0.2) is 11.5 Å². The minimum atomic E-state index is -0.0403. The average Bonchev–Trinajstić information content (AvgIpc) is 3.47. The third-order valence-corrected chi connectivity index (χ3v) is 7.08. The van der Waals surface area contributed by atoms with Gasteiger partial charge in [-0.3, -0.25) is 4.79 Å². The molecule has 0 atom stereocenters. The number of rotatable bonds is 6. The lowest BCUT2D eigenvalue weighted by Gasteiger charge is -2.25. The fraction of sp³-hybridized carbons (Fsp3) is 0.419. The van der Waals surface area contributed by atoms with E-state index in [1.807, 2.05) is 65.6 Å². The number of likely N-dealkylation sites (tertiary alicyclic amines) is 1. The molecular formula is C31H37N3O4. The van der Waals surface area contributed by atoms with Gasteiger partial charge in [0.25, 0.3) is 5.91 Å². The Morgan fingerprint density at radius 3 is 2.55 bits per heavy atom. The Kier molecular flexibility index (Phi) is 9.11. The molecule has 0 radical (unpaired) electrons. The summed E-state index contributed by atoms with van der Waals surface area (Å²) >= 11 is 0. The predicted molar refractivity (Wildman–Crippen MR) is 147 cm³/mol. The molecule has 0 spiro atoms. The van der Waals surface area contributed by atoms with Crippen molar-refractivity contribution in [2.24, 2.45) is 0 Å². The average molecular weight is 516 g/mol. The molecule has 1 saturated heterocycles. The summed E-state index contributed by atoms with van der Waals surface area (Å²) in [6.07, 6.45) is 7.98. The smallest absolute Gasteiger partial charge is 0.257 e. The van der Waals surface area contributed by atoms with Crippen LogP contribution in [0.4, 0.5) is 0 Å². The van der Waals surface area contributed by atoms with Gasteiger partial charge in [0.05, 0.1) is 25.3 Å². The van der Waals surface area contributed by atoms with Crippen molar-refractivity contribution in [2.45, 2.75) is 45.1 Å². The van der Waals surface area contributed by atoms with Gasteiger partial charge in [0.2, 0.25) is 5.88 Å². The summed E-state index contributed by atoms with van der Waals surface area (Å²) in [6, 6.07) is 19.1. The van der Waals surface area contributed by atoms with Gasteiger partial charge < -0.3 is 24.0 Å². The van der Waals surface area contributed by atoms with Crippen molar-refractivity contribution in [1.29, 1.82) is 0 Å². The number of fused-ring (bicyclic) bond motifs is 2. The van der Waals surface area contributed by atoms with E-state index >= 15 is 0 Å². The van der Waals surface area contributed by atoms with Crippen molar-refractivity contribution in [1.82, 2.24) is 14.8 Å². The van der Waals surface area contributed by atoms with Crippen LogP contribution in [0.5, 0.6) is 23.1 Å².